The van der Waals surface area contributed by atoms with Crippen LogP contribution in [-0.2, 0) is 9.59 Å². The number of carboxylic acids is 1. The Morgan fingerprint density at radius 1 is 1.06 bits per heavy atom. The molecule has 0 aromatic heterocycles. The van der Waals surface area contributed by atoms with Gasteiger partial charge >= 0.3 is 5.97 Å². The summed E-state index contributed by atoms with van der Waals surface area (Å²) >= 11 is 0. The molecule has 1 atom stereocenters. The molecular weight excluding hydrogens is 425 g/mol. The van der Waals surface area contributed by atoms with Crippen LogP contribution in [0.5, 0.6) is 0 Å². The number of hydrogen-bond acceptors (Lipinski definition) is 4. The molecule has 0 aliphatic heterocycles. The van der Waals surface area contributed by atoms with Crippen molar-refractivity contribution in [2.24, 2.45) is 5.41 Å². The molecule has 0 spiro atoms. The van der Waals surface area contributed by atoms with Crippen LogP contribution in [0.15, 0.2) is 48.5 Å². The Morgan fingerprint density at radius 3 is 2.30 bits per heavy atom. The van der Waals surface area contributed by atoms with E-state index in [1.807, 2.05) is 0 Å². The third-order valence-electron chi connectivity index (χ3n) is 5.03. The number of halogens is 1. The van der Waals surface area contributed by atoms with Gasteiger partial charge in [0.2, 0.25) is 0 Å². The highest BCUT2D eigenvalue weighted by molar-refractivity contribution is 6.44. The van der Waals surface area contributed by atoms with E-state index in [2.05, 4.69) is 31.4 Å². The summed E-state index contributed by atoms with van der Waals surface area (Å²) in [5.74, 6) is -2.51. The van der Waals surface area contributed by atoms with Crippen molar-refractivity contribution in [1.29, 1.82) is 5.41 Å². The Kier molecular flexibility index (Phi) is 8.85. The average Bonchev–Trinajstić information content (AvgIpc) is 2.75. The van der Waals surface area contributed by atoms with Crippen molar-refractivity contribution in [3.63, 3.8) is 0 Å². The smallest absolute Gasteiger partial charge is 0.305 e. The van der Waals surface area contributed by atoms with Crippen LogP contribution in [0.1, 0.15) is 67.6 Å². The Bertz CT molecular complexity index is 1010. The monoisotopic (exact) mass is 455 g/mol. The zero-order valence-electron chi connectivity index (χ0n) is 19.1. The van der Waals surface area contributed by atoms with Gasteiger partial charge in [0.05, 0.1) is 12.5 Å². The van der Waals surface area contributed by atoms with Crippen LogP contribution in [0.3, 0.4) is 0 Å². The summed E-state index contributed by atoms with van der Waals surface area (Å²) in [4.78, 5) is 35.5. The standard InChI is InChI=1S/C25H30FN3O4/c1-25(2,3)13-11-20(29-24(33)22(27)18-5-4-6-19(26)15-18)16-7-9-17(10-8-16)23(32)28-14-12-21(30)31/h4-10,15,20,27H,11-14H2,1-3H3,(H,28,32)(H,29,33)(H,30,31)/t20-/m1/s1. The van der Waals surface area contributed by atoms with Gasteiger partial charge in [-0.3, -0.25) is 19.8 Å². The largest absolute Gasteiger partial charge is 0.481 e. The van der Waals surface area contributed by atoms with Crippen LogP contribution in [0.2, 0.25) is 0 Å². The molecular formula is C25H30FN3O4. The average molecular weight is 456 g/mol. The third-order valence-corrected chi connectivity index (χ3v) is 5.03. The van der Waals surface area contributed by atoms with E-state index in [-0.39, 0.29) is 35.6 Å². The van der Waals surface area contributed by atoms with Crippen LogP contribution in [0, 0.1) is 16.6 Å². The van der Waals surface area contributed by atoms with Gasteiger partial charge in [0.25, 0.3) is 11.8 Å². The van der Waals surface area contributed by atoms with Crippen molar-refractivity contribution in [1.82, 2.24) is 10.6 Å². The number of carbonyl (C=O) groups excluding carboxylic acids is 2. The second kappa shape index (κ2) is 11.4. The molecule has 8 heteroatoms. The van der Waals surface area contributed by atoms with Gasteiger partial charge in [0.15, 0.2) is 0 Å². The summed E-state index contributed by atoms with van der Waals surface area (Å²) < 4.78 is 13.5. The van der Waals surface area contributed by atoms with Crippen molar-refractivity contribution < 1.29 is 23.9 Å². The number of hydrogen-bond donors (Lipinski definition) is 4. The van der Waals surface area contributed by atoms with Crippen molar-refractivity contribution in [2.45, 2.75) is 46.1 Å². The molecule has 2 aromatic carbocycles. The first kappa shape index (κ1) is 25.7. The van der Waals surface area contributed by atoms with Crippen LogP contribution >= 0.6 is 0 Å². The number of rotatable bonds is 10. The van der Waals surface area contributed by atoms with E-state index < -0.39 is 23.7 Å². The van der Waals surface area contributed by atoms with Gasteiger partial charge in [-0.2, -0.15) is 0 Å². The number of benzene rings is 2. The Morgan fingerprint density at radius 2 is 1.73 bits per heavy atom. The molecule has 0 heterocycles. The van der Waals surface area contributed by atoms with Gasteiger partial charge in [-0.1, -0.05) is 45.0 Å². The normalized spacial score (nSPS) is 12.0. The first-order valence-corrected chi connectivity index (χ1v) is 10.7. The Balaban J connectivity index is 2.15. The molecule has 0 unspecified atom stereocenters. The summed E-state index contributed by atoms with van der Waals surface area (Å²) in [6, 6.07) is 11.6. The lowest BCUT2D eigenvalue weighted by Gasteiger charge is -2.25. The molecule has 0 saturated heterocycles. The molecule has 0 bridgehead atoms. The Labute approximate surface area is 192 Å². The molecule has 0 aliphatic carbocycles. The lowest BCUT2D eigenvalue weighted by Crippen LogP contribution is -2.35. The minimum Gasteiger partial charge on any atom is -0.481 e. The maximum Gasteiger partial charge on any atom is 0.305 e. The molecule has 4 N–H and O–H groups in total. The fraction of sp³-hybridized carbons (Fsp3) is 0.360. The number of nitrogens with one attached hydrogen (secondary N) is 3. The van der Waals surface area contributed by atoms with E-state index in [0.717, 1.165) is 18.1 Å². The molecule has 176 valence electrons. The maximum absolute atomic E-state index is 13.5. The van der Waals surface area contributed by atoms with E-state index >= 15 is 0 Å². The highest BCUT2D eigenvalue weighted by Crippen LogP contribution is 2.28. The van der Waals surface area contributed by atoms with Crippen molar-refractivity contribution >= 4 is 23.5 Å². The van der Waals surface area contributed by atoms with Crippen LogP contribution in [-0.4, -0.2) is 35.1 Å². The highest BCUT2D eigenvalue weighted by Gasteiger charge is 2.22. The van der Waals surface area contributed by atoms with Crippen LogP contribution < -0.4 is 10.6 Å². The molecule has 33 heavy (non-hydrogen) atoms. The molecule has 2 amide bonds. The minimum absolute atomic E-state index is 0.0169. The highest BCUT2D eigenvalue weighted by atomic mass is 19.1. The van der Waals surface area contributed by atoms with Crippen molar-refractivity contribution in [3.05, 3.63) is 71.0 Å². The van der Waals surface area contributed by atoms with E-state index in [4.69, 9.17) is 10.5 Å². The van der Waals surface area contributed by atoms with E-state index in [9.17, 15) is 18.8 Å². The molecule has 0 radical (unpaired) electrons. The van der Waals surface area contributed by atoms with Gasteiger partial charge in [0, 0.05) is 17.7 Å². The fourth-order valence-electron chi connectivity index (χ4n) is 3.16. The fourth-order valence-corrected chi connectivity index (χ4v) is 3.16. The maximum atomic E-state index is 13.5. The predicted octanol–water partition coefficient (Wildman–Crippen LogP) is 4.08. The second-order valence-electron chi connectivity index (χ2n) is 9.03. The summed E-state index contributed by atoms with van der Waals surface area (Å²) in [7, 11) is 0. The van der Waals surface area contributed by atoms with Gasteiger partial charge in [0.1, 0.15) is 11.5 Å². The third kappa shape index (κ3) is 8.48. The first-order chi connectivity index (χ1) is 15.5. The summed E-state index contributed by atoms with van der Waals surface area (Å²) in [5.41, 5.74) is 1.02. The summed E-state index contributed by atoms with van der Waals surface area (Å²) in [5, 5.41) is 22.2. The lowest BCUT2D eigenvalue weighted by molar-refractivity contribution is -0.136. The lowest BCUT2D eigenvalue weighted by atomic mass is 9.87. The zero-order valence-corrected chi connectivity index (χ0v) is 19.1. The first-order valence-electron chi connectivity index (χ1n) is 10.7. The van der Waals surface area contributed by atoms with E-state index in [0.29, 0.717) is 12.0 Å². The molecule has 7 nitrogen and oxygen atoms in total. The van der Waals surface area contributed by atoms with Crippen molar-refractivity contribution in [2.75, 3.05) is 6.54 Å². The number of aliphatic carboxylic acids is 1. The molecule has 0 saturated carbocycles. The number of carboxylic acid groups (broad SMARTS) is 1. The predicted molar refractivity (Wildman–Crippen MR) is 124 cm³/mol. The summed E-state index contributed by atoms with van der Waals surface area (Å²) in [6.45, 7) is 6.30. The van der Waals surface area contributed by atoms with Crippen LogP contribution in [0.4, 0.5) is 4.39 Å². The van der Waals surface area contributed by atoms with Gasteiger partial charge < -0.3 is 15.7 Å². The Hall–Kier alpha value is -3.55. The second-order valence-corrected chi connectivity index (χ2v) is 9.03. The number of carbonyl (C=O) groups is 3. The van der Waals surface area contributed by atoms with Gasteiger partial charge in [-0.15, -0.1) is 0 Å². The van der Waals surface area contributed by atoms with E-state index in [1.54, 1.807) is 24.3 Å². The van der Waals surface area contributed by atoms with Crippen LogP contribution in [0.25, 0.3) is 0 Å². The molecule has 0 fully saturated rings. The minimum atomic E-state index is -0.994. The summed E-state index contributed by atoms with van der Waals surface area (Å²) in [6.07, 6.45) is 1.24. The van der Waals surface area contributed by atoms with E-state index in [1.165, 1.54) is 18.2 Å². The molecule has 0 aliphatic rings. The topological polar surface area (TPSA) is 119 Å². The SMILES string of the molecule is CC(C)(C)CC[C@@H](NC(=O)C(=N)c1cccc(F)c1)c1ccc(C(=O)NCCC(=O)O)cc1. The quantitative estimate of drug-likeness (QED) is 0.404. The van der Waals surface area contributed by atoms with Gasteiger partial charge in [-0.05, 0) is 48.1 Å². The molecule has 2 rings (SSSR count). The number of amides is 2. The van der Waals surface area contributed by atoms with Gasteiger partial charge in [-0.25, -0.2) is 4.39 Å². The van der Waals surface area contributed by atoms with Crippen molar-refractivity contribution in [3.8, 4) is 0 Å². The zero-order chi connectivity index (χ0) is 24.6. The molecule has 2 aromatic rings.